The molecule has 2 bridgehead atoms. The Morgan fingerprint density at radius 2 is 1.71 bits per heavy atom. The number of nitrogens with zero attached hydrogens (tertiary/aromatic N) is 2. The van der Waals surface area contributed by atoms with Gasteiger partial charge in [0, 0.05) is 25.6 Å². The van der Waals surface area contributed by atoms with Crippen LogP contribution >= 0.6 is 0 Å². The Morgan fingerprint density at radius 1 is 1.02 bits per heavy atom. The molecule has 0 aliphatic carbocycles. The fourth-order valence-electron chi connectivity index (χ4n) is 6.07. The van der Waals surface area contributed by atoms with Crippen molar-refractivity contribution >= 4 is 29.7 Å². The molecule has 3 aliphatic rings. The summed E-state index contributed by atoms with van der Waals surface area (Å²) in [5, 5.41) is 8.74. The monoisotopic (exact) mass is 617 g/mol. The van der Waals surface area contributed by atoms with Gasteiger partial charge in [0.15, 0.2) is 0 Å². The molecule has 1 saturated heterocycles. The van der Waals surface area contributed by atoms with Gasteiger partial charge in [0.1, 0.15) is 30.0 Å². The minimum Gasteiger partial charge on any atom is -0.488 e. The number of rotatable bonds is 9. The summed E-state index contributed by atoms with van der Waals surface area (Å²) in [4.78, 5) is 58.7. The molecule has 4 amide bonds. The predicted octanol–water partition coefficient (Wildman–Crippen LogP) is 2.98. The van der Waals surface area contributed by atoms with Crippen molar-refractivity contribution in [2.45, 2.75) is 77.2 Å². The smallest absolute Gasteiger partial charge is 0.247 e. The van der Waals surface area contributed by atoms with Crippen LogP contribution in [0.5, 0.6) is 5.75 Å². The number of ether oxygens (including phenoxy) is 1. The highest BCUT2D eigenvalue weighted by Crippen LogP contribution is 2.27. The second-order valence-corrected chi connectivity index (χ2v) is 12.6. The van der Waals surface area contributed by atoms with Gasteiger partial charge in [-0.3, -0.25) is 24.1 Å². The molecule has 2 aromatic rings. The number of likely N-dealkylation sites (tertiary alicyclic amines) is 1. The van der Waals surface area contributed by atoms with Gasteiger partial charge in [-0.05, 0) is 55.3 Å². The number of hydrogen-bond acceptors (Lipinski definition) is 6. The fraction of sp³-hybridized carbons (Fsp3) is 0.486. The minimum absolute atomic E-state index is 0.0757. The zero-order chi connectivity index (χ0) is 32.7. The molecule has 45 heavy (non-hydrogen) atoms. The summed E-state index contributed by atoms with van der Waals surface area (Å²) in [5.41, 5.74) is 1.75. The van der Waals surface area contributed by atoms with E-state index in [9.17, 15) is 19.2 Å². The number of likely N-dealkylation sites (N-methyl/N-ethyl adjacent to an activating group) is 1. The number of fused-ring (bicyclic) bond motifs is 7. The van der Waals surface area contributed by atoms with Crippen molar-refractivity contribution in [2.24, 2.45) is 11.8 Å². The van der Waals surface area contributed by atoms with Gasteiger partial charge in [-0.2, -0.15) is 0 Å². The molecule has 3 heterocycles. The summed E-state index contributed by atoms with van der Waals surface area (Å²) in [6.45, 7) is 8.07. The number of amides is 4. The molecule has 6 unspecified atom stereocenters. The summed E-state index contributed by atoms with van der Waals surface area (Å²) in [5.74, 6) is -1.03. The fourth-order valence-corrected chi connectivity index (χ4v) is 6.07. The van der Waals surface area contributed by atoms with E-state index in [0.717, 1.165) is 17.5 Å². The summed E-state index contributed by atoms with van der Waals surface area (Å²) in [6, 6.07) is 13.6. The zero-order valence-corrected chi connectivity index (χ0v) is 27.2. The Labute approximate surface area is 266 Å². The third kappa shape index (κ3) is 8.30. The molecule has 3 aliphatic heterocycles. The van der Waals surface area contributed by atoms with E-state index >= 15 is 0 Å². The molecule has 0 aromatic heterocycles. The lowest BCUT2D eigenvalue weighted by Crippen LogP contribution is -2.61. The third-order valence-corrected chi connectivity index (χ3v) is 8.72. The van der Waals surface area contributed by atoms with Crippen molar-refractivity contribution in [1.82, 2.24) is 25.8 Å². The molecule has 0 saturated carbocycles. The normalized spacial score (nSPS) is 22.1. The van der Waals surface area contributed by atoms with Crippen molar-refractivity contribution in [2.75, 3.05) is 20.6 Å². The molecule has 10 nitrogen and oxygen atoms in total. The molecule has 0 spiro atoms. The second-order valence-electron chi connectivity index (χ2n) is 12.6. The molecular weight excluding hydrogens is 570 g/mol. The SMILES string of the molecule is CCC(C)C(C(=O)NC(C(=O)N1CCC2Oc3ccc(cc3)C=CNC(=O)C(Cc3ccccc3)NC(=O)C21)C(C)C)N(C)C. The highest BCUT2D eigenvalue weighted by atomic mass is 16.5. The minimum atomic E-state index is -1.01. The quantitative estimate of drug-likeness (QED) is 0.398. The van der Waals surface area contributed by atoms with Gasteiger partial charge in [0.25, 0.3) is 0 Å². The van der Waals surface area contributed by atoms with Crippen molar-refractivity contribution in [3.05, 3.63) is 71.9 Å². The maximum absolute atomic E-state index is 14.3. The third-order valence-electron chi connectivity index (χ3n) is 8.72. The number of carbonyl (C=O) groups excluding carboxylic acids is 4. The molecule has 0 radical (unpaired) electrons. The van der Waals surface area contributed by atoms with E-state index in [2.05, 4.69) is 16.0 Å². The Hall–Kier alpha value is -4.18. The van der Waals surface area contributed by atoms with Gasteiger partial charge < -0.3 is 25.6 Å². The van der Waals surface area contributed by atoms with Crippen LogP contribution in [-0.2, 0) is 25.6 Å². The van der Waals surface area contributed by atoms with E-state index < -0.39 is 36.2 Å². The first-order valence-corrected chi connectivity index (χ1v) is 15.8. The van der Waals surface area contributed by atoms with Crippen molar-refractivity contribution in [1.29, 1.82) is 0 Å². The van der Waals surface area contributed by atoms with Crippen LogP contribution in [0, 0.1) is 11.8 Å². The molecule has 3 N–H and O–H groups in total. The first-order valence-electron chi connectivity index (χ1n) is 15.8. The van der Waals surface area contributed by atoms with Gasteiger partial charge >= 0.3 is 0 Å². The lowest BCUT2D eigenvalue weighted by atomic mass is 9.95. The molecular formula is C35H47N5O5. The highest BCUT2D eigenvalue weighted by molar-refractivity contribution is 5.96. The van der Waals surface area contributed by atoms with Gasteiger partial charge in [-0.15, -0.1) is 0 Å². The zero-order valence-electron chi connectivity index (χ0n) is 27.2. The highest BCUT2D eigenvalue weighted by Gasteiger charge is 2.47. The standard InChI is InChI=1S/C35H47N5O5/c1-7-23(4)30(39(5)6)33(42)38-29(22(2)3)35(44)40-20-18-28-31(40)34(43)37-27(21-25-11-9-8-10-12-25)32(41)36-19-17-24-13-15-26(45-28)16-14-24/h8-17,19,22-23,27-31H,7,18,20-21H2,1-6H3,(H,36,41)(H,37,43)(H,38,42). The first-order chi connectivity index (χ1) is 21.5. The van der Waals surface area contributed by atoms with E-state index in [1.54, 1.807) is 24.4 Å². The van der Waals surface area contributed by atoms with E-state index in [1.165, 1.54) is 4.90 Å². The summed E-state index contributed by atoms with van der Waals surface area (Å²) >= 11 is 0. The number of carbonyl (C=O) groups is 4. The summed E-state index contributed by atoms with van der Waals surface area (Å²) in [6.07, 6.45) is 4.15. The van der Waals surface area contributed by atoms with Gasteiger partial charge in [0.05, 0.1) is 6.04 Å². The molecule has 5 rings (SSSR count). The Bertz CT molecular complexity index is 1360. The van der Waals surface area contributed by atoms with E-state index in [0.29, 0.717) is 12.2 Å². The van der Waals surface area contributed by atoms with Crippen LogP contribution in [0.25, 0.3) is 6.08 Å². The number of hydrogen-bond donors (Lipinski definition) is 3. The lowest BCUT2D eigenvalue weighted by Gasteiger charge is -2.35. The van der Waals surface area contributed by atoms with Crippen LogP contribution in [0.3, 0.4) is 0 Å². The first kappa shape index (κ1) is 33.7. The maximum Gasteiger partial charge on any atom is 0.247 e. The van der Waals surface area contributed by atoms with E-state index in [4.69, 9.17) is 4.74 Å². The van der Waals surface area contributed by atoms with Crippen molar-refractivity contribution < 1.29 is 23.9 Å². The maximum atomic E-state index is 14.3. The van der Waals surface area contributed by atoms with Gasteiger partial charge in [-0.25, -0.2) is 0 Å². The second kappa shape index (κ2) is 15.2. The van der Waals surface area contributed by atoms with Crippen LogP contribution < -0.4 is 20.7 Å². The lowest BCUT2D eigenvalue weighted by molar-refractivity contribution is -0.145. The Kier molecular flexibility index (Phi) is 11.4. The summed E-state index contributed by atoms with van der Waals surface area (Å²) in [7, 11) is 3.71. The Balaban J connectivity index is 1.66. The predicted molar refractivity (Wildman–Crippen MR) is 174 cm³/mol. The van der Waals surface area contributed by atoms with Crippen LogP contribution in [0.15, 0.2) is 60.8 Å². The van der Waals surface area contributed by atoms with E-state index in [1.807, 2.05) is 89.2 Å². The van der Waals surface area contributed by atoms with Crippen molar-refractivity contribution in [3.8, 4) is 5.75 Å². The molecule has 2 aromatic carbocycles. The Morgan fingerprint density at radius 3 is 2.33 bits per heavy atom. The molecule has 10 heteroatoms. The van der Waals surface area contributed by atoms with Crippen LogP contribution in [0.2, 0.25) is 0 Å². The largest absolute Gasteiger partial charge is 0.488 e. The average Bonchev–Trinajstić information content (AvgIpc) is 3.43. The number of benzene rings is 2. The topological polar surface area (TPSA) is 120 Å². The van der Waals surface area contributed by atoms with Gasteiger partial charge in [-0.1, -0.05) is 76.6 Å². The molecule has 6 atom stereocenters. The number of nitrogens with one attached hydrogen (secondary N) is 3. The molecule has 242 valence electrons. The van der Waals surface area contributed by atoms with Crippen LogP contribution in [-0.4, -0.2) is 84.3 Å². The van der Waals surface area contributed by atoms with Gasteiger partial charge in [0.2, 0.25) is 23.6 Å². The van der Waals surface area contributed by atoms with Crippen LogP contribution in [0.1, 0.15) is 51.7 Å². The van der Waals surface area contributed by atoms with Crippen LogP contribution in [0.4, 0.5) is 0 Å². The summed E-state index contributed by atoms with van der Waals surface area (Å²) < 4.78 is 6.33. The van der Waals surface area contributed by atoms with E-state index in [-0.39, 0.29) is 42.5 Å². The molecule has 1 fully saturated rings. The van der Waals surface area contributed by atoms with Crippen molar-refractivity contribution in [3.63, 3.8) is 0 Å². The average molecular weight is 618 g/mol.